The summed E-state index contributed by atoms with van der Waals surface area (Å²) in [7, 11) is 0. The average molecular weight is 267 g/mol. The number of aliphatic hydroxyl groups is 1. The van der Waals surface area contributed by atoms with Crippen molar-refractivity contribution in [1.29, 1.82) is 0 Å². The van der Waals surface area contributed by atoms with Crippen LogP contribution < -0.4 is 20.6 Å². The van der Waals surface area contributed by atoms with E-state index in [1.54, 1.807) is 18.2 Å². The molecule has 4 N–H and O–H groups in total. The van der Waals surface area contributed by atoms with E-state index in [-0.39, 0.29) is 13.2 Å². The molecule has 7 heteroatoms. The molecule has 1 aromatic carbocycles. The van der Waals surface area contributed by atoms with Crippen molar-refractivity contribution in [1.82, 2.24) is 5.43 Å². The van der Waals surface area contributed by atoms with Crippen molar-refractivity contribution in [2.45, 2.75) is 6.92 Å². The Morgan fingerprint density at radius 1 is 1.47 bits per heavy atom. The second-order valence-corrected chi connectivity index (χ2v) is 3.45. The number of nitrogens with zero attached hydrogens (tertiary/aromatic N) is 1. The number of hydrazone groups is 1. The number of rotatable bonds is 7. The van der Waals surface area contributed by atoms with Crippen molar-refractivity contribution in [2.24, 2.45) is 10.8 Å². The van der Waals surface area contributed by atoms with Crippen LogP contribution in [0.5, 0.6) is 11.5 Å². The van der Waals surface area contributed by atoms with Crippen LogP contribution in [0.25, 0.3) is 0 Å². The Bertz CT molecular complexity index is 449. The number of carbonyl (C=O) groups is 1. The first-order valence-corrected chi connectivity index (χ1v) is 5.76. The van der Waals surface area contributed by atoms with E-state index in [0.717, 1.165) is 0 Å². The molecule has 0 saturated heterocycles. The molecule has 0 radical (unpaired) electrons. The Morgan fingerprint density at radius 3 is 2.89 bits per heavy atom. The first-order chi connectivity index (χ1) is 9.17. The van der Waals surface area contributed by atoms with Gasteiger partial charge >= 0.3 is 6.03 Å². The highest BCUT2D eigenvalue weighted by Gasteiger charge is 2.05. The van der Waals surface area contributed by atoms with E-state index in [0.29, 0.717) is 23.7 Å². The molecule has 2 amide bonds. The van der Waals surface area contributed by atoms with Crippen molar-refractivity contribution < 1.29 is 19.4 Å². The first kappa shape index (κ1) is 14.8. The lowest BCUT2D eigenvalue weighted by Gasteiger charge is -2.11. The van der Waals surface area contributed by atoms with Crippen LogP contribution >= 0.6 is 0 Å². The van der Waals surface area contributed by atoms with Gasteiger partial charge in [0.25, 0.3) is 0 Å². The minimum absolute atomic E-state index is 0.0721. The molecular weight excluding hydrogens is 250 g/mol. The molecule has 19 heavy (non-hydrogen) atoms. The predicted molar refractivity (Wildman–Crippen MR) is 70.5 cm³/mol. The lowest BCUT2D eigenvalue weighted by Crippen LogP contribution is -2.24. The van der Waals surface area contributed by atoms with Gasteiger partial charge in [0.2, 0.25) is 0 Å². The standard InChI is InChI=1S/C12H17N3O4/c1-2-18-11-7-9(8-14-15-12(13)17)3-4-10(11)19-6-5-16/h3-4,7-8,16H,2,5-6H2,1H3,(H3,13,15,17)/b14-8+. The van der Waals surface area contributed by atoms with Crippen molar-refractivity contribution in [2.75, 3.05) is 19.8 Å². The zero-order chi connectivity index (χ0) is 14.1. The second-order valence-electron chi connectivity index (χ2n) is 3.45. The first-order valence-electron chi connectivity index (χ1n) is 5.76. The number of hydrogen-bond donors (Lipinski definition) is 3. The van der Waals surface area contributed by atoms with E-state index >= 15 is 0 Å². The Hall–Kier alpha value is -2.28. The van der Waals surface area contributed by atoms with Crippen LogP contribution in [0.3, 0.4) is 0 Å². The second kappa shape index (κ2) is 7.93. The minimum Gasteiger partial charge on any atom is -0.490 e. The number of primary amides is 1. The molecule has 0 atom stereocenters. The molecule has 0 fully saturated rings. The number of nitrogens with one attached hydrogen (secondary N) is 1. The molecule has 1 rings (SSSR count). The molecule has 0 aromatic heterocycles. The number of hydrogen-bond acceptors (Lipinski definition) is 5. The third kappa shape index (κ3) is 5.26. The zero-order valence-electron chi connectivity index (χ0n) is 10.6. The van der Waals surface area contributed by atoms with Gasteiger partial charge in [0.05, 0.1) is 19.4 Å². The van der Waals surface area contributed by atoms with Crippen molar-refractivity contribution in [3.63, 3.8) is 0 Å². The van der Waals surface area contributed by atoms with Gasteiger partial charge < -0.3 is 20.3 Å². The largest absolute Gasteiger partial charge is 0.490 e. The molecule has 0 bridgehead atoms. The fraction of sp³-hybridized carbons (Fsp3) is 0.333. The molecule has 0 unspecified atom stereocenters. The normalized spacial score (nSPS) is 10.4. The molecule has 104 valence electrons. The van der Waals surface area contributed by atoms with Gasteiger partial charge in [-0.05, 0) is 30.7 Å². The number of ether oxygens (including phenoxy) is 2. The maximum atomic E-state index is 10.5. The fourth-order valence-corrected chi connectivity index (χ4v) is 1.32. The Labute approximate surface area is 111 Å². The summed E-state index contributed by atoms with van der Waals surface area (Å²) in [5, 5.41) is 12.4. The lowest BCUT2D eigenvalue weighted by molar-refractivity contribution is 0.194. The van der Waals surface area contributed by atoms with Crippen molar-refractivity contribution in [3.05, 3.63) is 23.8 Å². The summed E-state index contributed by atoms with van der Waals surface area (Å²) in [6, 6.07) is 4.42. The van der Waals surface area contributed by atoms with E-state index in [1.165, 1.54) is 6.21 Å². The number of aliphatic hydroxyl groups excluding tert-OH is 1. The number of amides is 2. The van der Waals surface area contributed by atoms with E-state index in [4.69, 9.17) is 20.3 Å². The van der Waals surface area contributed by atoms with Crippen LogP contribution in [0.4, 0.5) is 4.79 Å². The quantitative estimate of drug-likeness (QED) is 0.493. The zero-order valence-corrected chi connectivity index (χ0v) is 10.6. The summed E-state index contributed by atoms with van der Waals surface area (Å²) in [4.78, 5) is 10.5. The van der Waals surface area contributed by atoms with E-state index < -0.39 is 6.03 Å². The average Bonchev–Trinajstić information content (AvgIpc) is 2.38. The third-order valence-corrected chi connectivity index (χ3v) is 2.00. The number of nitrogens with two attached hydrogens (primary N) is 1. The van der Waals surface area contributed by atoms with Gasteiger partial charge in [-0.1, -0.05) is 0 Å². The third-order valence-electron chi connectivity index (χ3n) is 2.00. The van der Waals surface area contributed by atoms with Gasteiger partial charge in [-0.3, -0.25) is 0 Å². The van der Waals surface area contributed by atoms with Crippen LogP contribution in [0.2, 0.25) is 0 Å². The van der Waals surface area contributed by atoms with Gasteiger partial charge in [0.1, 0.15) is 6.61 Å². The SMILES string of the molecule is CCOc1cc(/C=N/NC(N)=O)ccc1OCCO. The summed E-state index contributed by atoms with van der Waals surface area (Å²) < 4.78 is 10.7. The van der Waals surface area contributed by atoms with Gasteiger partial charge in [-0.15, -0.1) is 0 Å². The highest BCUT2D eigenvalue weighted by atomic mass is 16.5. The van der Waals surface area contributed by atoms with Crippen LogP contribution in [0.15, 0.2) is 23.3 Å². The smallest absolute Gasteiger partial charge is 0.332 e. The van der Waals surface area contributed by atoms with Gasteiger partial charge in [0.15, 0.2) is 11.5 Å². The summed E-state index contributed by atoms with van der Waals surface area (Å²) in [5.74, 6) is 1.08. The Kier molecular flexibility index (Phi) is 6.17. The topological polar surface area (TPSA) is 106 Å². The van der Waals surface area contributed by atoms with Crippen molar-refractivity contribution >= 4 is 12.2 Å². The van der Waals surface area contributed by atoms with Crippen molar-refractivity contribution in [3.8, 4) is 11.5 Å². The summed E-state index contributed by atoms with van der Waals surface area (Å²) in [6.45, 7) is 2.45. The minimum atomic E-state index is -0.732. The molecule has 0 aliphatic heterocycles. The number of carbonyl (C=O) groups excluding carboxylic acids is 1. The number of urea groups is 1. The summed E-state index contributed by atoms with van der Waals surface area (Å²) >= 11 is 0. The van der Waals surface area contributed by atoms with E-state index in [1.807, 2.05) is 6.92 Å². The lowest BCUT2D eigenvalue weighted by atomic mass is 10.2. The maximum Gasteiger partial charge on any atom is 0.332 e. The van der Waals surface area contributed by atoms with Gasteiger partial charge in [0, 0.05) is 0 Å². The highest BCUT2D eigenvalue weighted by Crippen LogP contribution is 2.27. The maximum absolute atomic E-state index is 10.5. The van der Waals surface area contributed by atoms with Gasteiger partial charge in [-0.25, -0.2) is 10.2 Å². The summed E-state index contributed by atoms with van der Waals surface area (Å²) in [6.07, 6.45) is 1.43. The van der Waals surface area contributed by atoms with Crippen LogP contribution in [-0.4, -0.2) is 37.2 Å². The molecule has 7 nitrogen and oxygen atoms in total. The fourth-order valence-electron chi connectivity index (χ4n) is 1.32. The molecule has 0 saturated carbocycles. The monoisotopic (exact) mass is 267 g/mol. The molecule has 0 heterocycles. The van der Waals surface area contributed by atoms with Crippen LogP contribution in [0.1, 0.15) is 12.5 Å². The molecule has 0 spiro atoms. The van der Waals surface area contributed by atoms with Crippen LogP contribution in [0, 0.1) is 0 Å². The predicted octanol–water partition coefficient (Wildman–Crippen LogP) is 0.459. The van der Waals surface area contributed by atoms with Crippen LogP contribution in [-0.2, 0) is 0 Å². The molecule has 0 aliphatic rings. The Morgan fingerprint density at radius 2 is 2.26 bits per heavy atom. The van der Waals surface area contributed by atoms with Gasteiger partial charge in [-0.2, -0.15) is 5.10 Å². The number of benzene rings is 1. The highest BCUT2D eigenvalue weighted by molar-refractivity contribution is 5.82. The molecule has 0 aliphatic carbocycles. The Balaban J connectivity index is 2.82. The van der Waals surface area contributed by atoms with E-state index in [9.17, 15) is 4.79 Å². The summed E-state index contributed by atoms with van der Waals surface area (Å²) in [5.41, 5.74) is 7.69. The molecule has 1 aromatic rings. The molecular formula is C12H17N3O4. The van der Waals surface area contributed by atoms with E-state index in [2.05, 4.69) is 10.5 Å².